The van der Waals surface area contributed by atoms with E-state index in [1.54, 1.807) is 0 Å². The fraction of sp³-hybridized carbons (Fsp3) is 0.789. The van der Waals surface area contributed by atoms with Gasteiger partial charge in [-0.25, -0.2) is 4.98 Å². The summed E-state index contributed by atoms with van der Waals surface area (Å²) in [5.41, 5.74) is 0.899. The van der Waals surface area contributed by atoms with Crippen LogP contribution in [0.1, 0.15) is 37.3 Å². The molecule has 3 aliphatic heterocycles. The summed E-state index contributed by atoms with van der Waals surface area (Å²) in [6.45, 7) is 9.85. The minimum Gasteiger partial charge on any atom is -0.381 e. The van der Waals surface area contributed by atoms with Crippen LogP contribution < -0.4 is 0 Å². The second-order valence-electron chi connectivity index (χ2n) is 7.68. The van der Waals surface area contributed by atoms with Gasteiger partial charge in [0.05, 0.1) is 31.4 Å². The van der Waals surface area contributed by atoms with Gasteiger partial charge in [0, 0.05) is 52.1 Å². The van der Waals surface area contributed by atoms with Gasteiger partial charge in [-0.15, -0.1) is 0 Å². The minimum atomic E-state index is 0.162. The zero-order chi connectivity index (χ0) is 17.9. The van der Waals surface area contributed by atoms with E-state index in [0.717, 1.165) is 63.1 Å². The monoisotopic (exact) mass is 362 g/mol. The average Bonchev–Trinajstić information content (AvgIpc) is 3.09. The molecule has 7 heteroatoms. The maximum Gasteiger partial charge on any atom is 0.228 e. The molecule has 4 heterocycles. The second-order valence-corrected chi connectivity index (χ2v) is 7.68. The lowest BCUT2D eigenvalue weighted by molar-refractivity contribution is -0.134. The molecule has 0 spiro atoms. The number of ether oxygens (including phenoxy) is 2. The van der Waals surface area contributed by atoms with Crippen molar-refractivity contribution in [3.05, 3.63) is 17.7 Å². The molecule has 1 aromatic rings. The summed E-state index contributed by atoms with van der Waals surface area (Å²) in [6.07, 6.45) is 4.80. The van der Waals surface area contributed by atoms with Gasteiger partial charge in [-0.1, -0.05) is 0 Å². The molecule has 1 aromatic heterocycles. The Morgan fingerprint density at radius 1 is 1.12 bits per heavy atom. The number of morpholine rings is 1. The molecular formula is C19H30N4O3. The number of rotatable bonds is 4. The summed E-state index contributed by atoms with van der Waals surface area (Å²) in [6, 6.07) is 0.304. The van der Waals surface area contributed by atoms with Crippen molar-refractivity contribution in [2.75, 3.05) is 52.6 Å². The third-order valence-electron chi connectivity index (χ3n) is 5.94. The van der Waals surface area contributed by atoms with Gasteiger partial charge in [-0.2, -0.15) is 0 Å². The third-order valence-corrected chi connectivity index (χ3v) is 5.94. The molecule has 0 N–H and O–H groups in total. The molecular weight excluding hydrogens is 332 g/mol. The Kier molecular flexibility index (Phi) is 5.57. The first-order chi connectivity index (χ1) is 12.7. The molecule has 26 heavy (non-hydrogen) atoms. The van der Waals surface area contributed by atoms with Crippen LogP contribution in [0.4, 0.5) is 0 Å². The summed E-state index contributed by atoms with van der Waals surface area (Å²) >= 11 is 0. The molecule has 7 nitrogen and oxygen atoms in total. The number of carbonyl (C=O) groups is 1. The molecule has 0 aliphatic carbocycles. The fourth-order valence-electron chi connectivity index (χ4n) is 4.27. The number of carbonyl (C=O) groups excluding carboxylic acids is 1. The van der Waals surface area contributed by atoms with Gasteiger partial charge in [0.2, 0.25) is 5.91 Å². The average molecular weight is 362 g/mol. The first kappa shape index (κ1) is 17.9. The van der Waals surface area contributed by atoms with Gasteiger partial charge in [-0.3, -0.25) is 9.69 Å². The molecule has 0 radical (unpaired) electrons. The molecule has 1 amide bonds. The lowest BCUT2D eigenvalue weighted by Gasteiger charge is -2.37. The predicted molar refractivity (Wildman–Crippen MR) is 96.9 cm³/mol. The van der Waals surface area contributed by atoms with Crippen molar-refractivity contribution in [2.24, 2.45) is 5.92 Å². The highest BCUT2D eigenvalue weighted by Gasteiger charge is 2.29. The molecule has 0 saturated carbocycles. The van der Waals surface area contributed by atoms with Crippen LogP contribution >= 0.6 is 0 Å². The Morgan fingerprint density at radius 2 is 1.85 bits per heavy atom. The van der Waals surface area contributed by atoms with Crippen molar-refractivity contribution in [3.8, 4) is 0 Å². The molecule has 2 saturated heterocycles. The molecule has 0 aromatic carbocycles. The van der Waals surface area contributed by atoms with E-state index in [0.29, 0.717) is 38.8 Å². The summed E-state index contributed by atoms with van der Waals surface area (Å²) in [7, 11) is 0. The zero-order valence-corrected chi connectivity index (χ0v) is 15.7. The highest BCUT2D eigenvalue weighted by molar-refractivity contribution is 5.78. The lowest BCUT2D eigenvalue weighted by Crippen LogP contribution is -2.41. The highest BCUT2D eigenvalue weighted by atomic mass is 16.5. The Labute approximate surface area is 155 Å². The molecule has 3 aliphatic rings. The fourth-order valence-corrected chi connectivity index (χ4v) is 4.27. The first-order valence-corrected chi connectivity index (χ1v) is 9.94. The second kappa shape index (κ2) is 8.06. The van der Waals surface area contributed by atoms with E-state index in [2.05, 4.69) is 22.6 Å². The Balaban J connectivity index is 1.38. The quantitative estimate of drug-likeness (QED) is 0.802. The van der Waals surface area contributed by atoms with E-state index >= 15 is 0 Å². The van der Waals surface area contributed by atoms with E-state index in [-0.39, 0.29) is 5.91 Å². The SMILES string of the molecule is C[C@@H]1c2nc(CC(=O)N3CCOCC3)cn2CCN1CC1CCOCC1. The maximum atomic E-state index is 12.5. The summed E-state index contributed by atoms with van der Waals surface area (Å²) in [4.78, 5) is 21.8. The molecule has 2 fully saturated rings. The minimum absolute atomic E-state index is 0.162. The van der Waals surface area contributed by atoms with Crippen molar-refractivity contribution in [3.63, 3.8) is 0 Å². The van der Waals surface area contributed by atoms with Crippen LogP contribution in [0.3, 0.4) is 0 Å². The Morgan fingerprint density at radius 3 is 2.62 bits per heavy atom. The summed E-state index contributed by atoms with van der Waals surface area (Å²) < 4.78 is 13.1. The van der Waals surface area contributed by atoms with Crippen molar-refractivity contribution in [2.45, 2.75) is 38.8 Å². The Hall–Kier alpha value is -1.44. The van der Waals surface area contributed by atoms with Crippen molar-refractivity contribution in [1.82, 2.24) is 19.4 Å². The van der Waals surface area contributed by atoms with E-state index < -0.39 is 0 Å². The van der Waals surface area contributed by atoms with Crippen LogP contribution in [-0.2, 0) is 27.2 Å². The van der Waals surface area contributed by atoms with E-state index in [1.807, 2.05) is 4.90 Å². The van der Waals surface area contributed by atoms with Gasteiger partial charge in [0.15, 0.2) is 0 Å². The molecule has 0 bridgehead atoms. The van der Waals surface area contributed by atoms with Crippen LogP contribution in [0.25, 0.3) is 0 Å². The molecule has 4 rings (SSSR count). The van der Waals surface area contributed by atoms with Gasteiger partial charge in [0.1, 0.15) is 5.82 Å². The summed E-state index contributed by atoms with van der Waals surface area (Å²) in [5.74, 6) is 2.00. The summed E-state index contributed by atoms with van der Waals surface area (Å²) in [5, 5.41) is 0. The Bertz CT molecular complexity index is 620. The lowest BCUT2D eigenvalue weighted by atomic mass is 9.98. The van der Waals surface area contributed by atoms with E-state index in [9.17, 15) is 4.79 Å². The van der Waals surface area contributed by atoms with Crippen LogP contribution in [0.15, 0.2) is 6.20 Å². The predicted octanol–water partition coefficient (Wildman–Crippen LogP) is 1.09. The van der Waals surface area contributed by atoms with E-state index in [4.69, 9.17) is 14.5 Å². The largest absolute Gasteiger partial charge is 0.381 e. The first-order valence-electron chi connectivity index (χ1n) is 9.94. The zero-order valence-electron chi connectivity index (χ0n) is 15.7. The van der Waals surface area contributed by atoms with E-state index in [1.165, 1.54) is 0 Å². The van der Waals surface area contributed by atoms with Gasteiger partial charge >= 0.3 is 0 Å². The smallest absolute Gasteiger partial charge is 0.228 e. The number of aromatic nitrogens is 2. The van der Waals surface area contributed by atoms with Gasteiger partial charge in [-0.05, 0) is 25.7 Å². The van der Waals surface area contributed by atoms with Gasteiger partial charge in [0.25, 0.3) is 0 Å². The normalized spacial score (nSPS) is 25.3. The standard InChI is InChI=1S/C19H30N4O3/c1-15-19-20-17(12-18(24)21-6-10-26-11-7-21)14-23(19)5-4-22(15)13-16-2-8-25-9-3-16/h14-16H,2-13H2,1H3/t15-/m1/s1. The topological polar surface area (TPSA) is 59.8 Å². The van der Waals surface area contributed by atoms with Crippen molar-refractivity contribution < 1.29 is 14.3 Å². The maximum absolute atomic E-state index is 12.5. The van der Waals surface area contributed by atoms with Gasteiger partial charge < -0.3 is 18.9 Å². The number of hydrogen-bond donors (Lipinski definition) is 0. The molecule has 0 unspecified atom stereocenters. The van der Waals surface area contributed by atoms with Crippen LogP contribution in [-0.4, -0.2) is 77.9 Å². The van der Waals surface area contributed by atoms with Crippen molar-refractivity contribution in [1.29, 1.82) is 0 Å². The molecule has 1 atom stereocenters. The van der Waals surface area contributed by atoms with Crippen LogP contribution in [0, 0.1) is 5.92 Å². The number of nitrogens with zero attached hydrogens (tertiary/aromatic N) is 4. The number of fused-ring (bicyclic) bond motifs is 1. The number of imidazole rings is 1. The highest BCUT2D eigenvalue weighted by Crippen LogP contribution is 2.27. The number of hydrogen-bond acceptors (Lipinski definition) is 5. The van der Waals surface area contributed by atoms with Crippen LogP contribution in [0.5, 0.6) is 0 Å². The number of amides is 1. The van der Waals surface area contributed by atoms with Crippen LogP contribution in [0.2, 0.25) is 0 Å². The third kappa shape index (κ3) is 3.94. The molecule has 144 valence electrons. The van der Waals surface area contributed by atoms with Crippen molar-refractivity contribution >= 4 is 5.91 Å².